The van der Waals surface area contributed by atoms with Crippen molar-refractivity contribution in [3.8, 4) is 22.8 Å². The van der Waals surface area contributed by atoms with Crippen molar-refractivity contribution in [2.24, 2.45) is 5.92 Å². The summed E-state index contributed by atoms with van der Waals surface area (Å²) >= 11 is 1.50. The van der Waals surface area contributed by atoms with Crippen LogP contribution >= 0.6 is 11.3 Å². The Hall–Kier alpha value is -3.39. The van der Waals surface area contributed by atoms with Gasteiger partial charge in [0.15, 0.2) is 16.6 Å². The van der Waals surface area contributed by atoms with Gasteiger partial charge in [-0.3, -0.25) is 4.79 Å². The number of nitrogens with zero attached hydrogens (tertiary/aromatic N) is 2. The van der Waals surface area contributed by atoms with E-state index in [0.29, 0.717) is 16.8 Å². The number of nitrogens with one attached hydrogen (secondary N) is 1. The highest BCUT2D eigenvalue weighted by Gasteiger charge is 2.19. The van der Waals surface area contributed by atoms with Crippen molar-refractivity contribution in [3.63, 3.8) is 0 Å². The molecule has 0 saturated heterocycles. The molecule has 3 aliphatic rings. The summed E-state index contributed by atoms with van der Waals surface area (Å²) < 4.78 is 10.7. The lowest BCUT2D eigenvalue weighted by molar-refractivity contribution is -0.115. The summed E-state index contributed by atoms with van der Waals surface area (Å²) in [6.07, 6.45) is 8.58. The number of fused-ring (bicyclic) bond motifs is 2. The first-order valence-corrected chi connectivity index (χ1v) is 14.8. The second-order valence-corrected chi connectivity index (χ2v) is 11.1. The summed E-state index contributed by atoms with van der Waals surface area (Å²) in [6.45, 7) is 7.32. The van der Waals surface area contributed by atoms with E-state index in [9.17, 15) is 9.59 Å². The summed E-state index contributed by atoms with van der Waals surface area (Å²) in [4.78, 5) is 30.7. The number of thiazole rings is 1. The van der Waals surface area contributed by atoms with E-state index in [1.54, 1.807) is 0 Å². The lowest BCUT2D eigenvalue weighted by Gasteiger charge is -2.14. The van der Waals surface area contributed by atoms with Crippen LogP contribution in [0.3, 0.4) is 0 Å². The highest BCUT2D eigenvalue weighted by Crippen LogP contribution is 2.36. The number of hydrogen-bond acceptors (Lipinski definition) is 7. The van der Waals surface area contributed by atoms with E-state index < -0.39 is 0 Å². The van der Waals surface area contributed by atoms with Crippen LogP contribution in [0, 0.1) is 12.8 Å². The quantitative estimate of drug-likeness (QED) is 0.352. The van der Waals surface area contributed by atoms with Crippen LogP contribution in [0.2, 0.25) is 0 Å². The number of likely N-dealkylation sites (N-methyl/N-ethyl adjacent to an activating group) is 1. The van der Waals surface area contributed by atoms with Gasteiger partial charge in [-0.25, -0.2) is 4.98 Å². The number of amides is 1. The van der Waals surface area contributed by atoms with Crippen molar-refractivity contribution in [1.29, 1.82) is 0 Å². The van der Waals surface area contributed by atoms with E-state index in [0.717, 1.165) is 59.5 Å². The van der Waals surface area contributed by atoms with Crippen LogP contribution in [0.1, 0.15) is 62.0 Å². The number of hydrogen-bond donors (Lipinski definition) is 1. The smallest absolute Gasteiger partial charge is 0.231 e. The van der Waals surface area contributed by atoms with Crippen molar-refractivity contribution in [3.05, 3.63) is 52.4 Å². The number of aromatic nitrogens is 1. The Bertz CT molecular complexity index is 1280. The van der Waals surface area contributed by atoms with Crippen molar-refractivity contribution in [2.45, 2.75) is 65.7 Å². The van der Waals surface area contributed by atoms with Crippen molar-refractivity contribution in [1.82, 2.24) is 4.98 Å². The molecule has 1 amide bonds. The minimum Gasteiger partial charge on any atom is -0.454 e. The van der Waals surface area contributed by atoms with E-state index in [4.69, 9.17) is 14.5 Å². The van der Waals surface area contributed by atoms with E-state index in [1.165, 1.54) is 41.9 Å². The molecule has 2 aromatic carbocycles. The van der Waals surface area contributed by atoms with E-state index in [-0.39, 0.29) is 19.1 Å². The molecule has 208 valence electrons. The first kappa shape index (κ1) is 28.6. The van der Waals surface area contributed by atoms with E-state index in [1.807, 2.05) is 39.0 Å². The first-order chi connectivity index (χ1) is 19.0. The summed E-state index contributed by atoms with van der Waals surface area (Å²) in [5.41, 5.74) is 5.56. The van der Waals surface area contributed by atoms with Gasteiger partial charge in [-0.2, -0.15) is 0 Å². The second-order valence-electron chi connectivity index (χ2n) is 9.89. The number of aldehydes is 1. The van der Waals surface area contributed by atoms with Gasteiger partial charge in [-0.15, -0.1) is 11.3 Å². The predicted molar refractivity (Wildman–Crippen MR) is 158 cm³/mol. The van der Waals surface area contributed by atoms with Crippen molar-refractivity contribution in [2.75, 3.05) is 30.6 Å². The van der Waals surface area contributed by atoms with Gasteiger partial charge in [-0.1, -0.05) is 45.2 Å². The van der Waals surface area contributed by atoms with Gasteiger partial charge in [0, 0.05) is 35.6 Å². The zero-order valence-corrected chi connectivity index (χ0v) is 24.2. The Kier molecular flexibility index (Phi) is 9.98. The van der Waals surface area contributed by atoms with Gasteiger partial charge < -0.3 is 24.5 Å². The summed E-state index contributed by atoms with van der Waals surface area (Å²) in [7, 11) is 2.12. The van der Waals surface area contributed by atoms with Crippen LogP contribution in [0.15, 0.2) is 36.4 Å². The van der Waals surface area contributed by atoms with Gasteiger partial charge in [-0.05, 0) is 61.6 Å². The van der Waals surface area contributed by atoms with Crippen LogP contribution in [0.5, 0.6) is 11.5 Å². The number of carbonyl (C=O) groups excluding carboxylic acids is 2. The Balaban J connectivity index is 0.000000301. The molecule has 39 heavy (non-hydrogen) atoms. The van der Waals surface area contributed by atoms with E-state index >= 15 is 0 Å². The number of carbonyl (C=O) groups is 2. The SMILES string of the molecule is CC.Cc1sc(NC(=O)Cc2ccc3c(c2)OCO3)nc1-c1ccc2c(c1)CCN2C.O=CC1CCCCC1. The highest BCUT2D eigenvalue weighted by molar-refractivity contribution is 7.16. The van der Waals surface area contributed by atoms with Crippen molar-refractivity contribution < 1.29 is 19.1 Å². The topological polar surface area (TPSA) is 80.8 Å². The summed E-state index contributed by atoms with van der Waals surface area (Å²) in [5, 5.41) is 3.56. The van der Waals surface area contributed by atoms with Crippen LogP contribution in [0.4, 0.5) is 10.8 Å². The lowest BCUT2D eigenvalue weighted by Crippen LogP contribution is -2.14. The minimum atomic E-state index is -0.0975. The molecule has 1 N–H and O–H groups in total. The first-order valence-electron chi connectivity index (χ1n) is 14.0. The molecule has 0 atom stereocenters. The molecular formula is C31H39N3O4S. The highest BCUT2D eigenvalue weighted by atomic mass is 32.1. The Morgan fingerprint density at radius 1 is 1.10 bits per heavy atom. The molecule has 2 aliphatic heterocycles. The van der Waals surface area contributed by atoms with Gasteiger partial charge in [0.2, 0.25) is 12.7 Å². The normalized spacial score (nSPS) is 15.4. The molecule has 0 bridgehead atoms. The molecular weight excluding hydrogens is 510 g/mol. The average Bonchev–Trinajstić information content (AvgIpc) is 3.68. The molecule has 1 aromatic heterocycles. The van der Waals surface area contributed by atoms with Crippen LogP contribution in [-0.2, 0) is 22.4 Å². The fourth-order valence-corrected chi connectivity index (χ4v) is 5.95. The van der Waals surface area contributed by atoms with Gasteiger partial charge in [0.25, 0.3) is 0 Å². The monoisotopic (exact) mass is 549 g/mol. The Morgan fingerprint density at radius 2 is 1.87 bits per heavy atom. The number of benzene rings is 2. The molecule has 7 nitrogen and oxygen atoms in total. The molecule has 0 spiro atoms. The zero-order chi connectivity index (χ0) is 27.8. The van der Waals surface area contributed by atoms with Crippen molar-refractivity contribution >= 4 is 34.3 Å². The number of aryl methyl sites for hydroxylation is 1. The number of rotatable bonds is 5. The molecule has 1 saturated carbocycles. The summed E-state index contributed by atoms with van der Waals surface area (Å²) in [5.74, 6) is 1.71. The molecule has 3 heterocycles. The molecule has 3 aromatic rings. The van der Waals surface area contributed by atoms with Crippen LogP contribution < -0.4 is 19.7 Å². The zero-order valence-electron chi connectivity index (χ0n) is 23.4. The largest absolute Gasteiger partial charge is 0.454 e. The van der Waals surface area contributed by atoms with Gasteiger partial charge >= 0.3 is 0 Å². The molecule has 8 heteroatoms. The third-order valence-electron chi connectivity index (χ3n) is 7.17. The maximum Gasteiger partial charge on any atom is 0.231 e. The fourth-order valence-electron chi connectivity index (χ4n) is 5.10. The third-order valence-corrected chi connectivity index (χ3v) is 8.05. The predicted octanol–water partition coefficient (Wildman–Crippen LogP) is 6.81. The molecule has 6 rings (SSSR count). The summed E-state index contributed by atoms with van der Waals surface area (Å²) in [6, 6.07) is 12.1. The molecule has 0 unspecified atom stereocenters. The fraction of sp³-hybridized carbons (Fsp3) is 0.452. The maximum absolute atomic E-state index is 12.5. The van der Waals surface area contributed by atoms with Crippen LogP contribution in [-0.4, -0.2) is 37.6 Å². The average molecular weight is 550 g/mol. The number of ether oxygens (including phenoxy) is 2. The molecule has 1 aliphatic carbocycles. The maximum atomic E-state index is 12.5. The Morgan fingerprint density at radius 3 is 2.62 bits per heavy atom. The number of anilines is 2. The third kappa shape index (κ3) is 7.18. The Labute approximate surface area is 235 Å². The van der Waals surface area contributed by atoms with E-state index in [2.05, 4.69) is 35.5 Å². The second kappa shape index (κ2) is 13.6. The van der Waals surface area contributed by atoms with Crippen LogP contribution in [0.25, 0.3) is 11.3 Å². The van der Waals surface area contributed by atoms with Gasteiger partial charge in [0.05, 0.1) is 12.1 Å². The lowest BCUT2D eigenvalue weighted by atomic mass is 9.91. The molecule has 1 fully saturated rings. The van der Waals surface area contributed by atoms with Gasteiger partial charge in [0.1, 0.15) is 6.29 Å². The standard InChI is InChI=1S/C22H21N3O3S.C7H12O.C2H6/c1-13-21(16-4-5-17-15(11-16)7-8-25(17)2)24-22(29-13)23-20(26)10-14-3-6-18-19(9-14)28-12-27-18;8-6-7-4-2-1-3-5-7;1-2/h3-6,9,11H,7-8,10,12H2,1-2H3,(H,23,24,26);6-7H,1-5H2;1-2H3. The minimum absolute atomic E-state index is 0.0975. The molecule has 0 radical (unpaired) electrons.